The number of halogens is 1. The maximum Gasteiger partial charge on any atom is 0.292 e. The van der Waals surface area contributed by atoms with Crippen molar-refractivity contribution in [3.05, 3.63) is 56.2 Å². The van der Waals surface area contributed by atoms with Gasteiger partial charge in [-0.3, -0.25) is 15.0 Å². The Hall–Kier alpha value is -2.30. The molecule has 0 N–H and O–H groups in total. The number of rotatable bonds is 5. The topological polar surface area (TPSA) is 88.5 Å². The fourth-order valence-electron chi connectivity index (χ4n) is 3.07. The monoisotopic (exact) mass is 449 g/mol. The van der Waals surface area contributed by atoms with E-state index in [1.54, 1.807) is 29.5 Å². The van der Waals surface area contributed by atoms with Crippen LogP contribution in [0.5, 0.6) is 0 Å². The van der Waals surface area contributed by atoms with Crippen molar-refractivity contribution in [2.75, 3.05) is 31.1 Å². The smallest absolute Gasteiger partial charge is 0.292 e. The van der Waals surface area contributed by atoms with Gasteiger partial charge in [0.2, 0.25) is 5.89 Å². The molecule has 0 spiro atoms. The summed E-state index contributed by atoms with van der Waals surface area (Å²) in [6.07, 6.45) is 0. The minimum Gasteiger partial charge on any atom is -0.419 e. The van der Waals surface area contributed by atoms with Crippen molar-refractivity contribution in [3.8, 4) is 10.8 Å². The summed E-state index contributed by atoms with van der Waals surface area (Å²) >= 11 is 4.98. The van der Waals surface area contributed by atoms with Crippen molar-refractivity contribution in [1.82, 2.24) is 15.1 Å². The van der Waals surface area contributed by atoms with Gasteiger partial charge in [-0.1, -0.05) is 12.1 Å². The fourth-order valence-corrected chi connectivity index (χ4v) is 4.38. The zero-order chi connectivity index (χ0) is 18.8. The summed E-state index contributed by atoms with van der Waals surface area (Å²) in [6, 6.07) is 10.8. The quantitative estimate of drug-likeness (QED) is 0.432. The fraction of sp³-hybridized carbons (Fsp3) is 0.294. The van der Waals surface area contributed by atoms with Crippen LogP contribution in [0.1, 0.15) is 5.89 Å². The Labute approximate surface area is 167 Å². The number of para-hydroxylation sites is 2. The highest BCUT2D eigenvalue weighted by molar-refractivity contribution is 9.11. The van der Waals surface area contributed by atoms with Gasteiger partial charge in [-0.05, 0) is 34.1 Å². The molecule has 3 aromatic rings. The summed E-state index contributed by atoms with van der Waals surface area (Å²) < 4.78 is 6.79. The Balaban J connectivity index is 1.38. The predicted octanol–water partition coefficient (Wildman–Crippen LogP) is 3.79. The highest BCUT2D eigenvalue weighted by atomic mass is 79.9. The van der Waals surface area contributed by atoms with Gasteiger partial charge in [-0.15, -0.1) is 21.5 Å². The minimum atomic E-state index is -0.329. The first kappa shape index (κ1) is 18.1. The largest absolute Gasteiger partial charge is 0.419 e. The Morgan fingerprint density at radius 1 is 1.15 bits per heavy atom. The second-order valence-electron chi connectivity index (χ2n) is 6.11. The number of hydrogen-bond acceptors (Lipinski definition) is 8. The van der Waals surface area contributed by atoms with Crippen LogP contribution in [0.3, 0.4) is 0 Å². The zero-order valence-corrected chi connectivity index (χ0v) is 16.6. The van der Waals surface area contributed by atoms with Crippen molar-refractivity contribution in [3.63, 3.8) is 0 Å². The van der Waals surface area contributed by atoms with Crippen LogP contribution >= 0.6 is 27.3 Å². The Bertz CT molecular complexity index is 951. The highest BCUT2D eigenvalue weighted by Gasteiger charge is 2.24. The molecule has 1 aromatic carbocycles. The molecular formula is C17H16BrN5O3S. The number of benzene rings is 1. The maximum absolute atomic E-state index is 11.2. The molecule has 4 rings (SSSR count). The lowest BCUT2D eigenvalue weighted by atomic mass is 10.2. The summed E-state index contributed by atoms with van der Waals surface area (Å²) in [5, 5.41) is 19.5. The van der Waals surface area contributed by atoms with Gasteiger partial charge in [0.15, 0.2) is 0 Å². The zero-order valence-electron chi connectivity index (χ0n) is 14.2. The normalized spacial score (nSPS) is 15.2. The maximum atomic E-state index is 11.2. The van der Waals surface area contributed by atoms with Crippen LogP contribution in [-0.4, -0.2) is 46.2 Å². The van der Waals surface area contributed by atoms with Gasteiger partial charge in [0.1, 0.15) is 5.69 Å². The molecule has 1 saturated heterocycles. The van der Waals surface area contributed by atoms with Gasteiger partial charge in [-0.25, -0.2) is 0 Å². The van der Waals surface area contributed by atoms with Crippen molar-refractivity contribution < 1.29 is 9.34 Å². The molecule has 0 aliphatic carbocycles. The third kappa shape index (κ3) is 4.02. The van der Waals surface area contributed by atoms with E-state index in [2.05, 4.69) is 35.9 Å². The Morgan fingerprint density at radius 2 is 1.93 bits per heavy atom. The number of piperazine rings is 1. The molecule has 1 aliphatic heterocycles. The molecule has 0 unspecified atom stereocenters. The van der Waals surface area contributed by atoms with E-state index < -0.39 is 0 Å². The molecule has 27 heavy (non-hydrogen) atoms. The molecule has 0 saturated carbocycles. The molecule has 0 radical (unpaired) electrons. The summed E-state index contributed by atoms with van der Waals surface area (Å²) in [5.74, 6) is 1.10. The Morgan fingerprint density at radius 3 is 2.63 bits per heavy atom. The van der Waals surface area contributed by atoms with E-state index in [1.807, 2.05) is 18.2 Å². The van der Waals surface area contributed by atoms with Crippen molar-refractivity contribution in [2.45, 2.75) is 6.54 Å². The first-order valence-electron chi connectivity index (χ1n) is 8.39. The SMILES string of the molecule is O=[N+]([O-])c1ccccc1N1CCN(Cc2nnc(-c3ccc(Br)s3)o2)CC1. The molecule has 3 heterocycles. The molecule has 8 nitrogen and oxygen atoms in total. The molecule has 2 aromatic heterocycles. The Kier molecular flexibility index (Phi) is 5.19. The van der Waals surface area contributed by atoms with Crippen LogP contribution in [0.25, 0.3) is 10.8 Å². The van der Waals surface area contributed by atoms with E-state index >= 15 is 0 Å². The van der Waals surface area contributed by atoms with E-state index in [4.69, 9.17) is 4.42 Å². The number of aromatic nitrogens is 2. The van der Waals surface area contributed by atoms with E-state index in [-0.39, 0.29) is 10.6 Å². The van der Waals surface area contributed by atoms with Gasteiger partial charge in [0, 0.05) is 32.2 Å². The first-order chi connectivity index (χ1) is 13.1. The summed E-state index contributed by atoms with van der Waals surface area (Å²) in [5.41, 5.74) is 0.820. The highest BCUT2D eigenvalue weighted by Crippen LogP contribution is 2.31. The lowest BCUT2D eigenvalue weighted by Gasteiger charge is -2.35. The van der Waals surface area contributed by atoms with Crippen molar-refractivity contribution in [2.24, 2.45) is 0 Å². The second kappa shape index (κ2) is 7.75. The molecule has 140 valence electrons. The predicted molar refractivity (Wildman–Crippen MR) is 106 cm³/mol. The van der Waals surface area contributed by atoms with Gasteiger partial charge >= 0.3 is 0 Å². The van der Waals surface area contributed by atoms with E-state index in [0.717, 1.165) is 21.8 Å². The van der Waals surface area contributed by atoms with Crippen LogP contribution < -0.4 is 4.90 Å². The number of nitro benzene ring substituents is 1. The average molecular weight is 450 g/mol. The third-order valence-electron chi connectivity index (χ3n) is 4.40. The number of nitrogens with zero attached hydrogens (tertiary/aromatic N) is 5. The van der Waals surface area contributed by atoms with Crippen molar-refractivity contribution >= 4 is 38.6 Å². The van der Waals surface area contributed by atoms with Crippen LogP contribution in [0, 0.1) is 10.1 Å². The molecule has 0 atom stereocenters. The van der Waals surface area contributed by atoms with Crippen LogP contribution in [0.2, 0.25) is 0 Å². The van der Waals surface area contributed by atoms with E-state index in [1.165, 1.54) is 0 Å². The molecule has 0 amide bonds. The summed E-state index contributed by atoms with van der Waals surface area (Å²) in [7, 11) is 0. The molecular weight excluding hydrogens is 434 g/mol. The summed E-state index contributed by atoms with van der Waals surface area (Å²) in [4.78, 5) is 16.1. The van der Waals surface area contributed by atoms with Gasteiger partial charge in [-0.2, -0.15) is 0 Å². The van der Waals surface area contributed by atoms with Gasteiger partial charge in [0.25, 0.3) is 11.6 Å². The second-order valence-corrected chi connectivity index (χ2v) is 8.58. The van der Waals surface area contributed by atoms with Crippen LogP contribution in [-0.2, 0) is 6.54 Å². The minimum absolute atomic E-state index is 0.148. The standard InChI is InChI=1S/C17H16BrN5O3S/c18-15-6-5-14(27-15)17-20-19-16(26-17)11-21-7-9-22(10-8-21)12-3-1-2-4-13(12)23(24)25/h1-6H,7-11H2. The molecule has 0 bridgehead atoms. The lowest BCUT2D eigenvalue weighted by Crippen LogP contribution is -2.46. The number of nitro groups is 1. The average Bonchev–Trinajstić information content (AvgIpc) is 3.31. The van der Waals surface area contributed by atoms with Crippen LogP contribution in [0.15, 0.2) is 44.6 Å². The van der Waals surface area contributed by atoms with E-state index in [9.17, 15) is 10.1 Å². The third-order valence-corrected chi connectivity index (χ3v) is 6.01. The number of anilines is 1. The number of hydrogen-bond donors (Lipinski definition) is 0. The van der Waals surface area contributed by atoms with Crippen LogP contribution in [0.4, 0.5) is 11.4 Å². The first-order valence-corrected chi connectivity index (χ1v) is 10.00. The lowest BCUT2D eigenvalue weighted by molar-refractivity contribution is -0.384. The molecule has 1 aliphatic rings. The van der Waals surface area contributed by atoms with E-state index in [0.29, 0.717) is 37.1 Å². The van der Waals surface area contributed by atoms with Gasteiger partial charge in [0.05, 0.1) is 20.1 Å². The van der Waals surface area contributed by atoms with Gasteiger partial charge < -0.3 is 9.32 Å². The van der Waals surface area contributed by atoms with Crippen molar-refractivity contribution in [1.29, 1.82) is 0 Å². The summed E-state index contributed by atoms with van der Waals surface area (Å²) in [6.45, 7) is 3.54. The molecule has 10 heteroatoms. The number of thiophene rings is 1. The molecule has 1 fully saturated rings.